The van der Waals surface area contributed by atoms with E-state index in [9.17, 15) is 0 Å². The number of anilines is 1. The van der Waals surface area contributed by atoms with Crippen molar-refractivity contribution in [2.45, 2.75) is 13.0 Å². The molecule has 2 aromatic heterocycles. The van der Waals surface area contributed by atoms with Gasteiger partial charge in [-0.15, -0.1) is 0 Å². The van der Waals surface area contributed by atoms with E-state index < -0.39 is 0 Å². The van der Waals surface area contributed by atoms with Crippen LogP contribution >= 0.6 is 0 Å². The van der Waals surface area contributed by atoms with Crippen LogP contribution in [0.25, 0.3) is 0 Å². The predicted molar refractivity (Wildman–Crippen MR) is 75.7 cm³/mol. The maximum absolute atomic E-state index is 5.59. The maximum atomic E-state index is 5.59. The molecule has 3 rings (SSSR count). The Morgan fingerprint density at radius 2 is 2.10 bits per heavy atom. The van der Waals surface area contributed by atoms with Crippen LogP contribution in [0.5, 0.6) is 5.75 Å². The Morgan fingerprint density at radius 3 is 2.86 bits per heavy atom. The highest BCUT2D eigenvalue weighted by molar-refractivity contribution is 5.30. The molecular weight excluding hydrogens is 270 g/mol. The Kier molecular flexibility index (Phi) is 3.81. The maximum Gasteiger partial charge on any atom is 0.248 e. The summed E-state index contributed by atoms with van der Waals surface area (Å²) in [5, 5.41) is 7.97. The van der Waals surface area contributed by atoms with Gasteiger partial charge in [-0.3, -0.25) is 4.68 Å². The molecule has 0 unspecified atom stereocenters. The second-order valence-electron chi connectivity index (χ2n) is 4.49. The third-order valence-electron chi connectivity index (χ3n) is 2.80. The Morgan fingerprint density at radius 1 is 1.24 bits per heavy atom. The average Bonchev–Trinajstić information content (AvgIpc) is 3.10. The molecule has 0 aliphatic rings. The van der Waals surface area contributed by atoms with E-state index in [2.05, 4.69) is 15.2 Å². The van der Waals surface area contributed by atoms with Crippen molar-refractivity contribution in [3.63, 3.8) is 0 Å². The van der Waals surface area contributed by atoms with E-state index in [4.69, 9.17) is 15.0 Å². The molecule has 0 amide bonds. The van der Waals surface area contributed by atoms with Gasteiger partial charge in [-0.25, -0.2) is 0 Å². The topological polar surface area (TPSA) is 92.0 Å². The molecule has 3 aromatic rings. The van der Waals surface area contributed by atoms with Crippen LogP contribution in [-0.4, -0.2) is 26.5 Å². The summed E-state index contributed by atoms with van der Waals surface area (Å²) in [4.78, 5) is 4.29. The Balaban J connectivity index is 1.51. The monoisotopic (exact) mass is 285 g/mol. The molecular formula is C14H15N5O2. The van der Waals surface area contributed by atoms with Crippen LogP contribution in [0.4, 0.5) is 5.69 Å². The summed E-state index contributed by atoms with van der Waals surface area (Å²) in [7, 11) is 0. The molecule has 0 radical (unpaired) electrons. The molecule has 0 aliphatic heterocycles. The molecule has 0 saturated heterocycles. The molecule has 2 heterocycles. The third kappa shape index (κ3) is 3.59. The number of aromatic nitrogens is 4. The predicted octanol–water partition coefficient (Wildman–Crippen LogP) is 1.52. The molecule has 108 valence electrons. The fourth-order valence-corrected chi connectivity index (χ4v) is 1.84. The summed E-state index contributed by atoms with van der Waals surface area (Å²) in [5.41, 5.74) is 6.19. The minimum absolute atomic E-state index is 0.406. The van der Waals surface area contributed by atoms with Gasteiger partial charge < -0.3 is 15.0 Å². The zero-order chi connectivity index (χ0) is 14.5. The Labute approximate surface area is 121 Å². The van der Waals surface area contributed by atoms with E-state index in [0.717, 1.165) is 5.75 Å². The minimum atomic E-state index is 0.406. The molecule has 0 spiro atoms. The zero-order valence-corrected chi connectivity index (χ0v) is 11.3. The van der Waals surface area contributed by atoms with Gasteiger partial charge in [0.05, 0.1) is 18.5 Å². The summed E-state index contributed by atoms with van der Waals surface area (Å²) in [6.07, 6.45) is 3.87. The molecule has 0 fully saturated rings. The van der Waals surface area contributed by atoms with Gasteiger partial charge in [-0.05, 0) is 12.1 Å². The molecule has 2 N–H and O–H groups in total. The highest BCUT2D eigenvalue weighted by Gasteiger charge is 2.08. The second kappa shape index (κ2) is 6.08. The largest absolute Gasteiger partial charge is 0.493 e. The summed E-state index contributed by atoms with van der Waals surface area (Å²) in [5.74, 6) is 1.93. The summed E-state index contributed by atoms with van der Waals surface area (Å²) in [6, 6.07) is 9.61. The van der Waals surface area contributed by atoms with Crippen molar-refractivity contribution < 1.29 is 9.26 Å². The molecule has 0 aliphatic carbocycles. The average molecular weight is 285 g/mol. The van der Waals surface area contributed by atoms with Crippen LogP contribution in [0.1, 0.15) is 11.7 Å². The highest BCUT2D eigenvalue weighted by Crippen LogP contribution is 2.09. The number of benzene rings is 1. The van der Waals surface area contributed by atoms with Crippen LogP contribution in [0, 0.1) is 0 Å². The number of para-hydroxylation sites is 1. The lowest BCUT2D eigenvalue weighted by atomic mass is 10.3. The van der Waals surface area contributed by atoms with Crippen LogP contribution < -0.4 is 10.5 Å². The normalized spacial score (nSPS) is 10.7. The van der Waals surface area contributed by atoms with Gasteiger partial charge in [-0.1, -0.05) is 23.4 Å². The van der Waals surface area contributed by atoms with E-state index >= 15 is 0 Å². The van der Waals surface area contributed by atoms with Gasteiger partial charge in [0.15, 0.2) is 5.82 Å². The smallest absolute Gasteiger partial charge is 0.248 e. The molecule has 21 heavy (non-hydrogen) atoms. The van der Waals surface area contributed by atoms with Gasteiger partial charge in [0.1, 0.15) is 12.3 Å². The van der Waals surface area contributed by atoms with E-state index in [1.54, 1.807) is 17.1 Å². The first-order chi connectivity index (χ1) is 10.3. The Bertz CT molecular complexity index is 692. The summed E-state index contributed by atoms with van der Waals surface area (Å²) >= 11 is 0. The quantitative estimate of drug-likeness (QED) is 0.738. The number of ether oxygens (including phenoxy) is 1. The van der Waals surface area contributed by atoms with Gasteiger partial charge in [0, 0.05) is 12.6 Å². The third-order valence-corrected chi connectivity index (χ3v) is 2.80. The van der Waals surface area contributed by atoms with Crippen molar-refractivity contribution >= 4 is 5.69 Å². The molecule has 0 bridgehead atoms. The molecule has 0 atom stereocenters. The number of nitrogen functional groups attached to an aromatic ring is 1. The van der Waals surface area contributed by atoms with Gasteiger partial charge in [0.2, 0.25) is 5.89 Å². The number of nitrogens with two attached hydrogens (primary N) is 1. The number of nitrogens with zero attached hydrogens (tertiary/aromatic N) is 4. The standard InChI is InChI=1S/C14H15N5O2/c15-11-8-16-19(9-11)10-14-17-13(18-21-14)6-7-20-12-4-2-1-3-5-12/h1-5,8-9H,6-7,10,15H2. The molecule has 1 aromatic carbocycles. The first-order valence-corrected chi connectivity index (χ1v) is 6.57. The first kappa shape index (κ1) is 13.2. The van der Waals surface area contributed by atoms with Crippen molar-refractivity contribution in [1.82, 2.24) is 19.9 Å². The lowest BCUT2D eigenvalue weighted by Gasteiger charge is -2.02. The van der Waals surface area contributed by atoms with E-state index in [1.807, 2.05) is 30.3 Å². The van der Waals surface area contributed by atoms with Crippen molar-refractivity contribution in [1.29, 1.82) is 0 Å². The first-order valence-electron chi connectivity index (χ1n) is 6.57. The van der Waals surface area contributed by atoms with Gasteiger partial charge in [0.25, 0.3) is 0 Å². The Hall–Kier alpha value is -2.83. The number of rotatable bonds is 6. The highest BCUT2D eigenvalue weighted by atomic mass is 16.5. The van der Waals surface area contributed by atoms with Crippen molar-refractivity contribution in [2.24, 2.45) is 0 Å². The van der Waals surface area contributed by atoms with Crippen molar-refractivity contribution in [2.75, 3.05) is 12.3 Å². The lowest BCUT2D eigenvalue weighted by molar-refractivity contribution is 0.313. The van der Waals surface area contributed by atoms with Crippen LogP contribution in [0.2, 0.25) is 0 Å². The van der Waals surface area contributed by atoms with Crippen molar-refractivity contribution in [3.8, 4) is 5.75 Å². The van der Waals surface area contributed by atoms with Gasteiger partial charge >= 0.3 is 0 Å². The molecule has 0 saturated carbocycles. The zero-order valence-electron chi connectivity index (χ0n) is 11.3. The van der Waals surface area contributed by atoms with Gasteiger partial charge in [-0.2, -0.15) is 10.1 Å². The summed E-state index contributed by atoms with van der Waals surface area (Å²) < 4.78 is 12.4. The van der Waals surface area contributed by atoms with Crippen LogP contribution in [0.3, 0.4) is 0 Å². The van der Waals surface area contributed by atoms with Crippen LogP contribution in [-0.2, 0) is 13.0 Å². The summed E-state index contributed by atoms with van der Waals surface area (Å²) in [6.45, 7) is 0.904. The molecule has 7 heteroatoms. The van der Waals surface area contributed by atoms with Crippen LogP contribution in [0.15, 0.2) is 47.2 Å². The second-order valence-corrected chi connectivity index (χ2v) is 4.49. The lowest BCUT2D eigenvalue weighted by Crippen LogP contribution is -2.03. The minimum Gasteiger partial charge on any atom is -0.493 e. The SMILES string of the molecule is Nc1cnn(Cc2nc(CCOc3ccccc3)no2)c1. The number of hydrogen-bond acceptors (Lipinski definition) is 6. The van der Waals surface area contributed by atoms with E-state index in [0.29, 0.717) is 37.0 Å². The number of hydrogen-bond donors (Lipinski definition) is 1. The fourth-order valence-electron chi connectivity index (χ4n) is 1.84. The molecule has 7 nitrogen and oxygen atoms in total. The van der Waals surface area contributed by atoms with E-state index in [1.165, 1.54) is 0 Å². The fraction of sp³-hybridized carbons (Fsp3) is 0.214. The van der Waals surface area contributed by atoms with Crippen molar-refractivity contribution in [3.05, 3.63) is 54.4 Å². The van der Waals surface area contributed by atoms with E-state index in [-0.39, 0.29) is 0 Å².